The molecular weight excluding hydrogens is 365 g/mol. The first-order valence-corrected chi connectivity index (χ1v) is 8.85. The average molecular weight is 389 g/mol. The van der Waals surface area contributed by atoms with Crippen molar-refractivity contribution in [3.63, 3.8) is 0 Å². The average Bonchev–Trinajstić information content (AvgIpc) is 2.60. The number of nitro groups is 1. The number of rotatable bonds is 6. The van der Waals surface area contributed by atoms with Crippen molar-refractivity contribution < 1.29 is 27.8 Å². The van der Waals surface area contributed by atoms with E-state index in [0.29, 0.717) is 38.8 Å². The van der Waals surface area contributed by atoms with Crippen LogP contribution in [0.3, 0.4) is 0 Å². The largest absolute Gasteiger partial charge is 0.416 e. The smallest absolute Gasteiger partial charge is 0.355 e. The van der Waals surface area contributed by atoms with Crippen molar-refractivity contribution in [3.05, 3.63) is 33.9 Å². The van der Waals surface area contributed by atoms with Gasteiger partial charge in [-0.1, -0.05) is 6.92 Å². The molecule has 150 valence electrons. The Morgan fingerprint density at radius 1 is 1.37 bits per heavy atom. The Bertz CT molecular complexity index is 688. The van der Waals surface area contributed by atoms with E-state index in [0.717, 1.165) is 23.5 Å². The number of halogens is 3. The minimum absolute atomic E-state index is 0.0479. The van der Waals surface area contributed by atoms with Gasteiger partial charge in [-0.05, 0) is 25.5 Å². The zero-order valence-electron chi connectivity index (χ0n) is 15.3. The molecular formula is C17H24F3N4O3+. The lowest BCUT2D eigenvalue weighted by Gasteiger charge is -2.33. The molecule has 1 saturated heterocycles. The molecule has 10 heteroatoms. The van der Waals surface area contributed by atoms with Gasteiger partial charge in [0, 0.05) is 12.1 Å². The number of piperazine rings is 1. The Hall–Kier alpha value is -2.36. The fourth-order valence-electron chi connectivity index (χ4n) is 3.01. The highest BCUT2D eigenvalue weighted by Crippen LogP contribution is 2.36. The molecule has 1 aromatic carbocycles. The summed E-state index contributed by atoms with van der Waals surface area (Å²) in [6.07, 6.45) is -3.79. The zero-order chi connectivity index (χ0) is 20.2. The molecule has 1 fully saturated rings. The van der Waals surface area contributed by atoms with Gasteiger partial charge in [0.15, 0.2) is 6.54 Å². The maximum atomic E-state index is 12.8. The fourth-order valence-corrected chi connectivity index (χ4v) is 3.01. The van der Waals surface area contributed by atoms with Crippen molar-refractivity contribution in [1.29, 1.82) is 0 Å². The molecule has 1 atom stereocenters. The lowest BCUT2D eigenvalue weighted by molar-refractivity contribution is -0.892. The van der Waals surface area contributed by atoms with Crippen LogP contribution in [0.25, 0.3) is 0 Å². The molecule has 1 aliphatic heterocycles. The summed E-state index contributed by atoms with van der Waals surface area (Å²) < 4.78 is 38.4. The number of carbonyl (C=O) groups excluding carboxylic acids is 1. The van der Waals surface area contributed by atoms with E-state index >= 15 is 0 Å². The number of anilines is 1. The first-order chi connectivity index (χ1) is 12.6. The van der Waals surface area contributed by atoms with Gasteiger partial charge in [-0.15, -0.1) is 0 Å². The summed E-state index contributed by atoms with van der Waals surface area (Å²) in [6.45, 7) is 6.23. The molecule has 0 unspecified atom stereocenters. The van der Waals surface area contributed by atoms with Crippen LogP contribution >= 0.6 is 0 Å². The quantitative estimate of drug-likeness (QED) is 0.567. The molecule has 7 nitrogen and oxygen atoms in total. The molecule has 1 amide bonds. The number of amides is 1. The first kappa shape index (κ1) is 20.9. The molecule has 0 bridgehead atoms. The SMILES string of the molecule is CC[C@H](C)NC(=O)C[NH+]1CCN(c2ccc(C(F)(F)F)cc2[N+](=O)[O-])CC1. The molecule has 0 aromatic heterocycles. The van der Waals surface area contributed by atoms with Crippen LogP contribution in [0.1, 0.15) is 25.8 Å². The number of carbonyl (C=O) groups is 1. The number of nitrogens with zero attached hydrogens (tertiary/aromatic N) is 2. The minimum atomic E-state index is -4.63. The monoisotopic (exact) mass is 389 g/mol. The van der Waals surface area contributed by atoms with Crippen molar-refractivity contribution in [2.24, 2.45) is 0 Å². The Morgan fingerprint density at radius 2 is 2.00 bits per heavy atom. The van der Waals surface area contributed by atoms with Crippen LogP contribution in [0.2, 0.25) is 0 Å². The van der Waals surface area contributed by atoms with Crippen LogP contribution in [-0.4, -0.2) is 49.6 Å². The van der Waals surface area contributed by atoms with Gasteiger partial charge < -0.3 is 15.1 Å². The van der Waals surface area contributed by atoms with Gasteiger partial charge in [0.2, 0.25) is 0 Å². The van der Waals surface area contributed by atoms with E-state index in [-0.39, 0.29) is 17.6 Å². The van der Waals surface area contributed by atoms with E-state index in [1.165, 1.54) is 0 Å². The number of quaternary nitrogens is 1. The summed E-state index contributed by atoms with van der Waals surface area (Å²) in [7, 11) is 0. The topological polar surface area (TPSA) is 79.9 Å². The number of benzene rings is 1. The Balaban J connectivity index is 2.03. The number of alkyl halides is 3. The Morgan fingerprint density at radius 3 is 2.52 bits per heavy atom. The third-order valence-electron chi connectivity index (χ3n) is 4.74. The van der Waals surface area contributed by atoms with Crippen molar-refractivity contribution >= 4 is 17.3 Å². The first-order valence-electron chi connectivity index (χ1n) is 8.85. The van der Waals surface area contributed by atoms with Crippen molar-refractivity contribution in [1.82, 2.24) is 5.32 Å². The predicted octanol–water partition coefficient (Wildman–Crippen LogP) is 1.23. The Labute approximate surface area is 155 Å². The number of nitrogens with one attached hydrogen (secondary N) is 2. The number of nitro benzene ring substituents is 1. The van der Waals surface area contributed by atoms with Crippen molar-refractivity contribution in [2.75, 3.05) is 37.6 Å². The molecule has 0 aliphatic carbocycles. The summed E-state index contributed by atoms with van der Waals surface area (Å²) in [6, 6.07) is 2.70. The van der Waals surface area contributed by atoms with Crippen LogP contribution in [0.5, 0.6) is 0 Å². The van der Waals surface area contributed by atoms with Crippen molar-refractivity contribution in [2.45, 2.75) is 32.5 Å². The van der Waals surface area contributed by atoms with E-state index in [1.54, 1.807) is 4.90 Å². The van der Waals surface area contributed by atoms with Crippen LogP contribution < -0.4 is 15.1 Å². The lowest BCUT2D eigenvalue weighted by Crippen LogP contribution is -3.16. The van der Waals surface area contributed by atoms with Gasteiger partial charge in [0.1, 0.15) is 5.69 Å². The summed E-state index contributed by atoms with van der Waals surface area (Å²) in [4.78, 5) is 25.2. The predicted molar refractivity (Wildman–Crippen MR) is 93.8 cm³/mol. The van der Waals surface area contributed by atoms with E-state index in [1.807, 2.05) is 13.8 Å². The molecule has 0 spiro atoms. The molecule has 0 saturated carbocycles. The van der Waals surface area contributed by atoms with Gasteiger partial charge in [-0.3, -0.25) is 14.9 Å². The standard InChI is InChI=1S/C17H23F3N4O3/c1-3-12(2)21-16(25)11-22-6-8-23(9-7-22)14-5-4-13(17(18,19)20)10-15(14)24(26)27/h4-5,10,12H,3,6-9,11H2,1-2H3,(H,21,25)/p+1/t12-/m0/s1. The molecule has 2 rings (SSSR count). The van der Waals surface area contributed by atoms with Crippen LogP contribution in [0, 0.1) is 10.1 Å². The van der Waals surface area contributed by atoms with E-state index < -0.39 is 22.4 Å². The summed E-state index contributed by atoms with van der Waals surface area (Å²) in [5.74, 6) is -0.0479. The second-order valence-electron chi connectivity index (χ2n) is 6.75. The van der Waals surface area contributed by atoms with Crippen molar-refractivity contribution in [3.8, 4) is 0 Å². The normalized spacial score (nSPS) is 16.9. The third kappa shape index (κ3) is 5.56. The van der Waals surface area contributed by atoms with Gasteiger partial charge in [0.05, 0.1) is 36.7 Å². The maximum absolute atomic E-state index is 12.8. The molecule has 1 heterocycles. The Kier molecular flexibility index (Phi) is 6.63. The minimum Gasteiger partial charge on any atom is -0.355 e. The van der Waals surface area contributed by atoms with E-state index in [2.05, 4.69) is 5.32 Å². The molecule has 2 N–H and O–H groups in total. The second-order valence-corrected chi connectivity index (χ2v) is 6.75. The van der Waals surface area contributed by atoms with Gasteiger partial charge in [-0.25, -0.2) is 0 Å². The second kappa shape index (κ2) is 8.55. The molecule has 1 aromatic rings. The molecule has 1 aliphatic rings. The van der Waals surface area contributed by atoms with Gasteiger partial charge in [-0.2, -0.15) is 13.2 Å². The highest BCUT2D eigenvalue weighted by Gasteiger charge is 2.34. The molecule has 27 heavy (non-hydrogen) atoms. The van der Waals surface area contributed by atoms with Crippen LogP contribution in [0.15, 0.2) is 18.2 Å². The van der Waals surface area contributed by atoms with Gasteiger partial charge in [0.25, 0.3) is 11.6 Å². The lowest BCUT2D eigenvalue weighted by atomic mass is 10.1. The van der Waals surface area contributed by atoms with E-state index in [9.17, 15) is 28.1 Å². The maximum Gasteiger partial charge on any atom is 0.416 e. The molecule has 0 radical (unpaired) electrons. The fraction of sp³-hybridized carbons (Fsp3) is 0.588. The summed E-state index contributed by atoms with van der Waals surface area (Å²) in [5, 5.41) is 14.1. The summed E-state index contributed by atoms with van der Waals surface area (Å²) >= 11 is 0. The zero-order valence-corrected chi connectivity index (χ0v) is 15.3. The van der Waals surface area contributed by atoms with Gasteiger partial charge >= 0.3 is 6.18 Å². The third-order valence-corrected chi connectivity index (χ3v) is 4.74. The van der Waals surface area contributed by atoms with Crippen LogP contribution in [-0.2, 0) is 11.0 Å². The highest BCUT2D eigenvalue weighted by atomic mass is 19.4. The summed E-state index contributed by atoms with van der Waals surface area (Å²) in [5.41, 5.74) is -1.41. The van der Waals surface area contributed by atoms with Crippen LogP contribution in [0.4, 0.5) is 24.5 Å². The van der Waals surface area contributed by atoms with E-state index in [4.69, 9.17) is 0 Å². The highest BCUT2D eigenvalue weighted by molar-refractivity contribution is 5.77. The number of hydrogen-bond acceptors (Lipinski definition) is 4. The number of hydrogen-bond donors (Lipinski definition) is 2.